The van der Waals surface area contributed by atoms with Gasteiger partial charge in [0.1, 0.15) is 11.6 Å². The number of anilines is 1. The summed E-state index contributed by atoms with van der Waals surface area (Å²) in [6, 6.07) is 9.36. The van der Waals surface area contributed by atoms with Crippen LogP contribution in [-0.4, -0.2) is 51.9 Å². The molecule has 3 aromatic rings. The average Bonchev–Trinajstić information content (AvgIpc) is 3.01. The normalized spacial score (nSPS) is 15.0. The van der Waals surface area contributed by atoms with E-state index in [0.29, 0.717) is 23.7 Å². The number of nitrogens with zero attached hydrogens (tertiary/aromatic N) is 4. The van der Waals surface area contributed by atoms with Crippen LogP contribution in [0.15, 0.2) is 36.5 Å². The summed E-state index contributed by atoms with van der Waals surface area (Å²) < 4.78 is 0. The Bertz CT molecular complexity index is 913. The maximum atomic E-state index is 12.8. The molecular formula is C18H18ClN5O. The number of fused-ring (bicyclic) bond motifs is 1. The molecule has 0 radical (unpaired) electrons. The maximum absolute atomic E-state index is 12.8. The fourth-order valence-electron chi connectivity index (χ4n) is 3.15. The molecular weight excluding hydrogens is 338 g/mol. The van der Waals surface area contributed by atoms with Crippen molar-refractivity contribution in [2.75, 3.05) is 31.1 Å². The van der Waals surface area contributed by atoms with Crippen LogP contribution < -0.4 is 4.90 Å². The van der Waals surface area contributed by atoms with E-state index < -0.39 is 0 Å². The Morgan fingerprint density at radius 2 is 1.96 bits per heavy atom. The van der Waals surface area contributed by atoms with Gasteiger partial charge >= 0.3 is 0 Å². The van der Waals surface area contributed by atoms with Gasteiger partial charge in [0.25, 0.3) is 5.91 Å². The fourth-order valence-corrected chi connectivity index (χ4v) is 3.26. The molecule has 1 aliphatic heterocycles. The van der Waals surface area contributed by atoms with Gasteiger partial charge in [0, 0.05) is 37.9 Å². The quantitative estimate of drug-likeness (QED) is 0.767. The Kier molecular flexibility index (Phi) is 4.05. The molecule has 1 saturated heterocycles. The molecule has 25 heavy (non-hydrogen) atoms. The Morgan fingerprint density at radius 3 is 2.68 bits per heavy atom. The minimum absolute atomic E-state index is 0.0536. The van der Waals surface area contributed by atoms with Crippen molar-refractivity contribution >= 4 is 34.4 Å². The lowest BCUT2D eigenvalue weighted by molar-refractivity contribution is 0.0746. The molecule has 1 aliphatic rings. The molecule has 0 spiro atoms. The molecule has 128 valence electrons. The van der Waals surface area contributed by atoms with Crippen LogP contribution in [0.25, 0.3) is 11.0 Å². The van der Waals surface area contributed by atoms with Crippen LogP contribution in [0.2, 0.25) is 5.02 Å². The SMILES string of the molecule is Cc1nc2ccc(C(=O)N3CCN(c4ccc(Cl)cn4)CC3)cc2[nH]1. The number of hydrogen-bond acceptors (Lipinski definition) is 4. The van der Waals surface area contributed by atoms with Crippen molar-refractivity contribution in [3.05, 3.63) is 52.9 Å². The van der Waals surface area contributed by atoms with Crippen molar-refractivity contribution in [2.45, 2.75) is 6.92 Å². The Balaban J connectivity index is 1.45. The zero-order valence-electron chi connectivity index (χ0n) is 13.9. The molecule has 0 atom stereocenters. The third kappa shape index (κ3) is 3.17. The highest BCUT2D eigenvalue weighted by Crippen LogP contribution is 2.19. The molecule has 0 saturated carbocycles. The molecule has 1 N–H and O–H groups in total. The lowest BCUT2D eigenvalue weighted by Crippen LogP contribution is -2.49. The summed E-state index contributed by atoms with van der Waals surface area (Å²) in [5.74, 6) is 1.80. The number of nitrogens with one attached hydrogen (secondary N) is 1. The number of hydrogen-bond donors (Lipinski definition) is 1. The molecule has 4 rings (SSSR count). The van der Waals surface area contributed by atoms with E-state index in [-0.39, 0.29) is 5.91 Å². The Morgan fingerprint density at radius 1 is 1.16 bits per heavy atom. The van der Waals surface area contributed by atoms with Crippen LogP contribution in [0.5, 0.6) is 0 Å². The van der Waals surface area contributed by atoms with Crippen molar-refractivity contribution in [3.8, 4) is 0 Å². The van der Waals surface area contributed by atoms with Crippen molar-refractivity contribution in [3.63, 3.8) is 0 Å². The van der Waals surface area contributed by atoms with E-state index in [1.165, 1.54) is 0 Å². The van der Waals surface area contributed by atoms with Crippen LogP contribution in [0.1, 0.15) is 16.2 Å². The topological polar surface area (TPSA) is 65.1 Å². The van der Waals surface area contributed by atoms with Crippen molar-refractivity contribution < 1.29 is 4.79 Å². The highest BCUT2D eigenvalue weighted by molar-refractivity contribution is 6.30. The van der Waals surface area contributed by atoms with E-state index in [4.69, 9.17) is 11.6 Å². The van der Waals surface area contributed by atoms with Gasteiger partial charge in [-0.15, -0.1) is 0 Å². The van der Waals surface area contributed by atoms with E-state index in [0.717, 1.165) is 35.8 Å². The number of amides is 1. The second-order valence-electron chi connectivity index (χ2n) is 6.17. The minimum Gasteiger partial charge on any atom is -0.353 e. The predicted octanol–water partition coefficient (Wildman–Crippen LogP) is 2.88. The zero-order valence-corrected chi connectivity index (χ0v) is 14.6. The molecule has 2 aromatic heterocycles. The molecule has 7 heteroatoms. The van der Waals surface area contributed by atoms with Crippen LogP contribution >= 0.6 is 11.6 Å². The van der Waals surface area contributed by atoms with Gasteiger partial charge in [-0.3, -0.25) is 4.79 Å². The number of halogens is 1. The van der Waals surface area contributed by atoms with E-state index >= 15 is 0 Å². The number of carbonyl (C=O) groups excluding carboxylic acids is 1. The number of pyridine rings is 1. The largest absolute Gasteiger partial charge is 0.353 e. The fraction of sp³-hybridized carbons (Fsp3) is 0.278. The molecule has 1 aromatic carbocycles. The van der Waals surface area contributed by atoms with E-state index in [2.05, 4.69) is 19.9 Å². The summed E-state index contributed by atoms with van der Waals surface area (Å²) in [4.78, 5) is 28.7. The number of benzene rings is 1. The predicted molar refractivity (Wildman–Crippen MR) is 98.2 cm³/mol. The molecule has 0 unspecified atom stereocenters. The first kappa shape index (κ1) is 15.9. The van der Waals surface area contributed by atoms with Gasteiger partial charge < -0.3 is 14.8 Å². The van der Waals surface area contributed by atoms with Gasteiger partial charge in [-0.1, -0.05) is 11.6 Å². The number of piperazine rings is 1. The number of carbonyl (C=O) groups is 1. The number of aromatic amines is 1. The Hall–Kier alpha value is -2.60. The van der Waals surface area contributed by atoms with E-state index in [1.54, 1.807) is 6.20 Å². The summed E-state index contributed by atoms with van der Waals surface area (Å²) in [6.07, 6.45) is 1.65. The summed E-state index contributed by atoms with van der Waals surface area (Å²) >= 11 is 5.89. The standard InChI is InChI=1S/C18H18ClN5O/c1-12-21-15-4-2-13(10-16(15)22-12)18(25)24-8-6-23(7-9-24)17-5-3-14(19)11-20-17/h2-5,10-11H,6-9H2,1H3,(H,21,22). The van der Waals surface area contributed by atoms with Crippen molar-refractivity contribution in [1.82, 2.24) is 19.9 Å². The molecule has 1 amide bonds. The van der Waals surface area contributed by atoms with Gasteiger partial charge in [-0.25, -0.2) is 9.97 Å². The second-order valence-corrected chi connectivity index (χ2v) is 6.60. The number of H-pyrrole nitrogens is 1. The van der Waals surface area contributed by atoms with Gasteiger partial charge in [0.05, 0.1) is 16.1 Å². The van der Waals surface area contributed by atoms with E-state index in [9.17, 15) is 4.79 Å². The van der Waals surface area contributed by atoms with Crippen LogP contribution in [0.4, 0.5) is 5.82 Å². The minimum atomic E-state index is 0.0536. The first-order chi connectivity index (χ1) is 12.1. The summed E-state index contributed by atoms with van der Waals surface area (Å²) in [5.41, 5.74) is 2.47. The lowest BCUT2D eigenvalue weighted by atomic mass is 10.1. The van der Waals surface area contributed by atoms with Gasteiger partial charge in [0.15, 0.2) is 0 Å². The Labute approximate surface area is 150 Å². The summed E-state index contributed by atoms with van der Waals surface area (Å²) in [6.45, 7) is 4.76. The van der Waals surface area contributed by atoms with Gasteiger partial charge in [-0.05, 0) is 37.3 Å². The van der Waals surface area contributed by atoms with E-state index in [1.807, 2.05) is 42.2 Å². The highest BCUT2D eigenvalue weighted by atomic mass is 35.5. The zero-order chi connectivity index (χ0) is 17.4. The number of aryl methyl sites for hydroxylation is 1. The average molecular weight is 356 g/mol. The first-order valence-electron chi connectivity index (χ1n) is 8.22. The smallest absolute Gasteiger partial charge is 0.254 e. The van der Waals surface area contributed by atoms with Crippen molar-refractivity contribution in [1.29, 1.82) is 0 Å². The second kappa shape index (κ2) is 6.37. The van der Waals surface area contributed by atoms with Crippen LogP contribution in [-0.2, 0) is 0 Å². The summed E-state index contributed by atoms with van der Waals surface area (Å²) in [5, 5.41) is 0.627. The molecule has 1 fully saturated rings. The van der Waals surface area contributed by atoms with Gasteiger partial charge in [0.2, 0.25) is 0 Å². The molecule has 3 heterocycles. The number of rotatable bonds is 2. The molecule has 0 aliphatic carbocycles. The van der Waals surface area contributed by atoms with Crippen LogP contribution in [0, 0.1) is 6.92 Å². The molecule has 0 bridgehead atoms. The number of imidazole rings is 1. The van der Waals surface area contributed by atoms with Crippen molar-refractivity contribution in [2.24, 2.45) is 0 Å². The molecule has 6 nitrogen and oxygen atoms in total. The lowest BCUT2D eigenvalue weighted by Gasteiger charge is -2.35. The van der Waals surface area contributed by atoms with Crippen LogP contribution in [0.3, 0.4) is 0 Å². The monoisotopic (exact) mass is 355 g/mol. The first-order valence-corrected chi connectivity index (χ1v) is 8.60. The third-order valence-corrected chi connectivity index (χ3v) is 4.67. The third-order valence-electron chi connectivity index (χ3n) is 4.45. The summed E-state index contributed by atoms with van der Waals surface area (Å²) in [7, 11) is 0. The number of aromatic nitrogens is 3. The highest BCUT2D eigenvalue weighted by Gasteiger charge is 2.23. The van der Waals surface area contributed by atoms with Gasteiger partial charge in [-0.2, -0.15) is 0 Å². The maximum Gasteiger partial charge on any atom is 0.254 e.